The second-order valence-corrected chi connectivity index (χ2v) is 5.91. The minimum atomic E-state index is 0.00197. The van der Waals surface area contributed by atoms with Crippen molar-refractivity contribution in [2.24, 2.45) is 0 Å². The maximum Gasteiger partial charge on any atom is 0.238 e. The average Bonchev–Trinajstić information content (AvgIpc) is 2.50. The van der Waals surface area contributed by atoms with Gasteiger partial charge in [-0.05, 0) is 44.5 Å². The molecule has 116 valence electrons. The zero-order valence-electron chi connectivity index (χ0n) is 12.6. The van der Waals surface area contributed by atoms with Gasteiger partial charge in [0.05, 0.1) is 17.3 Å². The number of piperidine rings is 1. The molecule has 5 heteroatoms. The van der Waals surface area contributed by atoms with E-state index in [4.69, 9.17) is 11.6 Å². The fourth-order valence-electron chi connectivity index (χ4n) is 2.76. The Labute approximate surface area is 131 Å². The van der Waals surface area contributed by atoms with Crippen molar-refractivity contribution in [2.75, 3.05) is 31.5 Å². The summed E-state index contributed by atoms with van der Waals surface area (Å²) in [6, 6.07) is 7.79. The minimum absolute atomic E-state index is 0.00197. The van der Waals surface area contributed by atoms with Crippen LogP contribution in [0.4, 0.5) is 5.69 Å². The third-order valence-electron chi connectivity index (χ3n) is 3.79. The maximum absolute atomic E-state index is 12.3. The second kappa shape index (κ2) is 8.37. The lowest BCUT2D eigenvalue weighted by Crippen LogP contribution is -2.48. The Kier molecular flexibility index (Phi) is 6.49. The Bertz CT molecular complexity index is 461. The van der Waals surface area contributed by atoms with Crippen LogP contribution in [-0.4, -0.2) is 43.0 Å². The molecule has 0 spiro atoms. The highest BCUT2D eigenvalue weighted by atomic mass is 35.5. The van der Waals surface area contributed by atoms with Gasteiger partial charge in [0.25, 0.3) is 0 Å². The Morgan fingerprint density at radius 1 is 1.48 bits per heavy atom. The van der Waals surface area contributed by atoms with Crippen LogP contribution in [0.3, 0.4) is 0 Å². The van der Waals surface area contributed by atoms with E-state index >= 15 is 0 Å². The first-order valence-electron chi connectivity index (χ1n) is 7.70. The van der Waals surface area contributed by atoms with Crippen LogP contribution in [0.15, 0.2) is 24.3 Å². The quantitative estimate of drug-likeness (QED) is 0.849. The summed E-state index contributed by atoms with van der Waals surface area (Å²) < 4.78 is 0. The number of para-hydroxylation sites is 1. The van der Waals surface area contributed by atoms with E-state index in [9.17, 15) is 4.79 Å². The molecule has 0 aliphatic carbocycles. The number of nitrogens with one attached hydrogen (secondary N) is 2. The molecule has 1 atom stereocenters. The molecule has 2 rings (SSSR count). The smallest absolute Gasteiger partial charge is 0.238 e. The normalized spacial score (nSPS) is 18.7. The molecule has 1 aliphatic rings. The van der Waals surface area contributed by atoms with Crippen molar-refractivity contribution in [1.82, 2.24) is 10.2 Å². The highest BCUT2D eigenvalue weighted by molar-refractivity contribution is 6.33. The first-order valence-corrected chi connectivity index (χ1v) is 8.07. The van der Waals surface area contributed by atoms with Gasteiger partial charge in [-0.2, -0.15) is 0 Å². The summed E-state index contributed by atoms with van der Waals surface area (Å²) in [6.45, 7) is 5.57. The predicted molar refractivity (Wildman–Crippen MR) is 87.8 cm³/mol. The molecule has 1 unspecified atom stereocenters. The largest absolute Gasteiger partial charge is 0.324 e. The molecule has 1 fully saturated rings. The standard InChI is InChI=1S/C16H24ClN3O/c1-2-10-20(13-6-5-9-18-11-13)12-16(21)19-15-8-4-3-7-14(15)17/h3-4,7-8,13,18H,2,5-6,9-12H2,1H3,(H,19,21). The van der Waals surface area contributed by atoms with Gasteiger partial charge in [-0.15, -0.1) is 0 Å². The summed E-state index contributed by atoms with van der Waals surface area (Å²) in [5.41, 5.74) is 0.683. The van der Waals surface area contributed by atoms with E-state index in [-0.39, 0.29) is 5.91 Å². The molecule has 0 saturated carbocycles. The van der Waals surface area contributed by atoms with Crippen molar-refractivity contribution in [3.63, 3.8) is 0 Å². The third-order valence-corrected chi connectivity index (χ3v) is 4.12. The topological polar surface area (TPSA) is 44.4 Å². The Morgan fingerprint density at radius 3 is 2.95 bits per heavy atom. The van der Waals surface area contributed by atoms with E-state index in [1.807, 2.05) is 18.2 Å². The SMILES string of the molecule is CCCN(CC(=O)Nc1ccccc1Cl)C1CCCNC1. The van der Waals surface area contributed by atoms with Crippen molar-refractivity contribution < 1.29 is 4.79 Å². The molecule has 1 amide bonds. The van der Waals surface area contributed by atoms with Crippen LogP contribution in [0.2, 0.25) is 5.02 Å². The van der Waals surface area contributed by atoms with E-state index in [0.29, 0.717) is 23.3 Å². The Hall–Kier alpha value is -1.10. The molecule has 0 bridgehead atoms. The zero-order chi connectivity index (χ0) is 15.1. The van der Waals surface area contributed by atoms with E-state index in [1.54, 1.807) is 6.07 Å². The number of nitrogens with zero attached hydrogens (tertiary/aromatic N) is 1. The number of benzene rings is 1. The lowest BCUT2D eigenvalue weighted by molar-refractivity contribution is -0.118. The van der Waals surface area contributed by atoms with Crippen LogP contribution >= 0.6 is 11.6 Å². The highest BCUT2D eigenvalue weighted by Crippen LogP contribution is 2.20. The second-order valence-electron chi connectivity index (χ2n) is 5.50. The van der Waals surface area contributed by atoms with Crippen molar-refractivity contribution in [1.29, 1.82) is 0 Å². The van der Waals surface area contributed by atoms with Gasteiger partial charge in [0.15, 0.2) is 0 Å². The van der Waals surface area contributed by atoms with Crippen LogP contribution < -0.4 is 10.6 Å². The van der Waals surface area contributed by atoms with Crippen LogP contribution in [0.25, 0.3) is 0 Å². The molecule has 1 aliphatic heterocycles. The number of amides is 1. The third kappa shape index (κ3) is 4.99. The molecular formula is C16H24ClN3O. The molecular weight excluding hydrogens is 286 g/mol. The summed E-state index contributed by atoms with van der Waals surface area (Å²) >= 11 is 6.08. The number of hydrogen-bond acceptors (Lipinski definition) is 3. The average molecular weight is 310 g/mol. The van der Waals surface area contributed by atoms with Gasteiger partial charge in [-0.3, -0.25) is 9.69 Å². The Balaban J connectivity index is 1.93. The van der Waals surface area contributed by atoms with Crippen molar-refractivity contribution in [3.8, 4) is 0 Å². The first-order chi connectivity index (χ1) is 10.2. The molecule has 4 nitrogen and oxygen atoms in total. The number of carbonyl (C=O) groups is 1. The van der Waals surface area contributed by atoms with Crippen LogP contribution in [0.1, 0.15) is 26.2 Å². The molecule has 21 heavy (non-hydrogen) atoms. The van der Waals surface area contributed by atoms with Crippen molar-refractivity contribution in [3.05, 3.63) is 29.3 Å². The number of rotatable bonds is 6. The lowest BCUT2D eigenvalue weighted by atomic mass is 10.1. The van der Waals surface area contributed by atoms with Gasteiger partial charge in [0.2, 0.25) is 5.91 Å². The van der Waals surface area contributed by atoms with Gasteiger partial charge in [-0.1, -0.05) is 30.7 Å². The molecule has 1 saturated heterocycles. The number of carbonyl (C=O) groups excluding carboxylic acids is 1. The maximum atomic E-state index is 12.3. The van der Waals surface area contributed by atoms with E-state index < -0.39 is 0 Å². The summed E-state index contributed by atoms with van der Waals surface area (Å²) in [5.74, 6) is 0.00197. The number of hydrogen-bond donors (Lipinski definition) is 2. The Morgan fingerprint density at radius 2 is 2.29 bits per heavy atom. The highest BCUT2D eigenvalue weighted by Gasteiger charge is 2.22. The van der Waals surface area contributed by atoms with E-state index in [0.717, 1.165) is 32.5 Å². The molecule has 0 radical (unpaired) electrons. The molecule has 1 heterocycles. The van der Waals surface area contributed by atoms with E-state index in [2.05, 4.69) is 22.5 Å². The number of halogens is 1. The van der Waals surface area contributed by atoms with Gasteiger partial charge in [0, 0.05) is 12.6 Å². The molecule has 1 aromatic rings. The summed E-state index contributed by atoms with van der Waals surface area (Å²) in [4.78, 5) is 14.5. The van der Waals surface area contributed by atoms with Crippen molar-refractivity contribution in [2.45, 2.75) is 32.2 Å². The van der Waals surface area contributed by atoms with Gasteiger partial charge < -0.3 is 10.6 Å². The van der Waals surface area contributed by atoms with Gasteiger partial charge in [0.1, 0.15) is 0 Å². The van der Waals surface area contributed by atoms with Crippen LogP contribution in [0, 0.1) is 0 Å². The van der Waals surface area contributed by atoms with Gasteiger partial charge in [-0.25, -0.2) is 0 Å². The summed E-state index contributed by atoms with van der Waals surface area (Å²) in [6.07, 6.45) is 3.39. The molecule has 0 aromatic heterocycles. The van der Waals surface area contributed by atoms with E-state index in [1.165, 1.54) is 6.42 Å². The molecule has 1 aromatic carbocycles. The number of anilines is 1. The predicted octanol–water partition coefficient (Wildman–Crippen LogP) is 2.74. The van der Waals surface area contributed by atoms with Gasteiger partial charge >= 0.3 is 0 Å². The van der Waals surface area contributed by atoms with Crippen LogP contribution in [0.5, 0.6) is 0 Å². The monoisotopic (exact) mass is 309 g/mol. The molecule has 2 N–H and O–H groups in total. The minimum Gasteiger partial charge on any atom is -0.324 e. The summed E-state index contributed by atoms with van der Waals surface area (Å²) in [5, 5.41) is 6.89. The fourth-order valence-corrected chi connectivity index (χ4v) is 2.94. The van der Waals surface area contributed by atoms with Crippen molar-refractivity contribution >= 4 is 23.2 Å². The first kappa shape index (κ1) is 16.3. The summed E-state index contributed by atoms with van der Waals surface area (Å²) in [7, 11) is 0. The zero-order valence-corrected chi connectivity index (χ0v) is 13.3. The lowest BCUT2D eigenvalue weighted by Gasteiger charge is -2.34. The fraction of sp³-hybridized carbons (Fsp3) is 0.562. The van der Waals surface area contributed by atoms with Crippen LogP contribution in [-0.2, 0) is 4.79 Å².